The summed E-state index contributed by atoms with van der Waals surface area (Å²) in [6, 6.07) is 21.7. The fraction of sp³-hybridized carbons (Fsp3) is 0.333. The lowest BCUT2D eigenvalue weighted by Gasteiger charge is -2.26. The van der Waals surface area contributed by atoms with Crippen molar-refractivity contribution in [1.29, 1.82) is 0 Å². The molecule has 1 fully saturated rings. The van der Waals surface area contributed by atoms with Crippen molar-refractivity contribution in [2.24, 2.45) is 0 Å². The normalized spacial score (nSPS) is 15.1. The second kappa shape index (κ2) is 8.72. The topological polar surface area (TPSA) is 28.4 Å². The highest BCUT2D eigenvalue weighted by Crippen LogP contribution is 2.29. The maximum absolute atomic E-state index is 13.5. The first-order chi connectivity index (χ1) is 13.7. The van der Waals surface area contributed by atoms with E-state index >= 15 is 0 Å². The van der Waals surface area contributed by atoms with Crippen molar-refractivity contribution in [3.8, 4) is 0 Å². The summed E-state index contributed by atoms with van der Waals surface area (Å²) < 4.78 is 15.7. The lowest BCUT2D eigenvalue weighted by Crippen LogP contribution is -2.35. The van der Waals surface area contributed by atoms with E-state index in [0.717, 1.165) is 12.1 Å². The second-order valence-corrected chi connectivity index (χ2v) is 7.76. The van der Waals surface area contributed by atoms with Gasteiger partial charge in [0.2, 0.25) is 0 Å². The van der Waals surface area contributed by atoms with Gasteiger partial charge in [-0.2, -0.15) is 0 Å². The van der Waals surface area contributed by atoms with E-state index in [2.05, 4.69) is 27.7 Å². The molecule has 1 saturated carbocycles. The summed E-state index contributed by atoms with van der Waals surface area (Å²) in [6.07, 6.45) is 4.74. The van der Waals surface area contributed by atoms with Gasteiger partial charge in [0.05, 0.1) is 6.10 Å². The molecule has 1 aliphatic rings. The summed E-state index contributed by atoms with van der Waals surface area (Å²) in [6.45, 7) is 2.13. The number of nitrogens with zero attached hydrogens (tertiary/aromatic N) is 2. The molecule has 3 aromatic rings. The van der Waals surface area contributed by atoms with Crippen LogP contribution in [-0.4, -0.2) is 33.3 Å². The van der Waals surface area contributed by atoms with Gasteiger partial charge in [-0.1, -0.05) is 42.5 Å². The van der Waals surface area contributed by atoms with Crippen LogP contribution in [0.1, 0.15) is 29.7 Å². The molecule has 0 aliphatic heterocycles. The van der Waals surface area contributed by atoms with E-state index in [9.17, 15) is 9.50 Å². The summed E-state index contributed by atoms with van der Waals surface area (Å²) in [4.78, 5) is 2.39. The molecule has 1 unspecified atom stereocenters. The Labute approximate surface area is 166 Å². The molecular formula is C24H27FN2O. The van der Waals surface area contributed by atoms with E-state index in [-0.39, 0.29) is 11.9 Å². The molecule has 4 rings (SSSR count). The Morgan fingerprint density at radius 2 is 1.79 bits per heavy atom. The van der Waals surface area contributed by atoms with E-state index < -0.39 is 0 Å². The first-order valence-electron chi connectivity index (χ1n) is 10.0. The number of hydrogen-bond donors (Lipinski definition) is 1. The van der Waals surface area contributed by atoms with Gasteiger partial charge in [-0.25, -0.2) is 4.39 Å². The number of aliphatic hydroxyl groups is 1. The molecule has 1 heterocycles. The van der Waals surface area contributed by atoms with Crippen molar-refractivity contribution >= 4 is 0 Å². The Balaban J connectivity index is 1.41. The molecule has 0 saturated heterocycles. The third-order valence-corrected chi connectivity index (χ3v) is 5.35. The summed E-state index contributed by atoms with van der Waals surface area (Å²) in [7, 11) is 0. The Bertz CT molecular complexity index is 888. The minimum Gasteiger partial charge on any atom is -0.391 e. The van der Waals surface area contributed by atoms with Gasteiger partial charge < -0.3 is 9.67 Å². The minimum atomic E-state index is -0.380. The highest BCUT2D eigenvalue weighted by atomic mass is 19.1. The van der Waals surface area contributed by atoms with Gasteiger partial charge in [0, 0.05) is 37.6 Å². The molecule has 28 heavy (non-hydrogen) atoms. The molecule has 0 amide bonds. The Hall–Kier alpha value is -2.43. The van der Waals surface area contributed by atoms with Crippen LogP contribution in [0.15, 0.2) is 72.9 Å². The SMILES string of the molecule is OC(Cc1ccccc1)CN(Cc1cccn1Cc1cccc(F)c1)C1CC1. The van der Waals surface area contributed by atoms with Gasteiger partial charge in [-0.3, -0.25) is 4.90 Å². The van der Waals surface area contributed by atoms with Gasteiger partial charge in [-0.05, 0) is 54.7 Å². The van der Waals surface area contributed by atoms with Gasteiger partial charge in [-0.15, -0.1) is 0 Å². The second-order valence-electron chi connectivity index (χ2n) is 7.76. The van der Waals surface area contributed by atoms with Crippen LogP contribution in [0.25, 0.3) is 0 Å². The van der Waals surface area contributed by atoms with Gasteiger partial charge in [0.1, 0.15) is 5.82 Å². The maximum atomic E-state index is 13.5. The molecule has 1 N–H and O–H groups in total. The van der Waals surface area contributed by atoms with Gasteiger partial charge in [0.15, 0.2) is 0 Å². The quantitative estimate of drug-likeness (QED) is 0.603. The highest BCUT2D eigenvalue weighted by molar-refractivity contribution is 5.19. The lowest BCUT2D eigenvalue weighted by molar-refractivity contribution is 0.103. The van der Waals surface area contributed by atoms with Crippen molar-refractivity contribution < 1.29 is 9.50 Å². The first kappa shape index (κ1) is 18.9. The van der Waals surface area contributed by atoms with E-state index in [1.807, 2.05) is 36.5 Å². The predicted molar refractivity (Wildman–Crippen MR) is 110 cm³/mol. The van der Waals surface area contributed by atoms with Crippen LogP contribution in [0.2, 0.25) is 0 Å². The third-order valence-electron chi connectivity index (χ3n) is 5.35. The maximum Gasteiger partial charge on any atom is 0.123 e. The first-order valence-corrected chi connectivity index (χ1v) is 10.0. The third kappa shape index (κ3) is 5.09. The molecule has 4 heteroatoms. The molecule has 2 aromatic carbocycles. The largest absolute Gasteiger partial charge is 0.391 e. The Morgan fingerprint density at radius 3 is 2.54 bits per heavy atom. The predicted octanol–water partition coefficient (Wildman–Crippen LogP) is 4.24. The molecule has 1 aliphatic carbocycles. The fourth-order valence-corrected chi connectivity index (χ4v) is 3.79. The summed E-state index contributed by atoms with van der Waals surface area (Å²) in [5.74, 6) is -0.199. The van der Waals surface area contributed by atoms with E-state index in [1.165, 1.54) is 30.2 Å². The van der Waals surface area contributed by atoms with Crippen LogP contribution >= 0.6 is 0 Å². The van der Waals surface area contributed by atoms with Crippen LogP contribution in [0.5, 0.6) is 0 Å². The van der Waals surface area contributed by atoms with Crippen molar-refractivity contribution in [3.05, 3.63) is 95.6 Å². The molecule has 146 valence electrons. The fourth-order valence-electron chi connectivity index (χ4n) is 3.79. The molecule has 0 spiro atoms. The molecule has 1 aromatic heterocycles. The average Bonchev–Trinajstić information content (AvgIpc) is 3.44. The monoisotopic (exact) mass is 378 g/mol. The smallest absolute Gasteiger partial charge is 0.123 e. The highest BCUT2D eigenvalue weighted by Gasteiger charge is 2.30. The summed E-state index contributed by atoms with van der Waals surface area (Å²) >= 11 is 0. The van der Waals surface area contributed by atoms with E-state index in [0.29, 0.717) is 25.6 Å². The van der Waals surface area contributed by atoms with Crippen molar-refractivity contribution in [2.45, 2.75) is 44.5 Å². The van der Waals surface area contributed by atoms with Crippen molar-refractivity contribution in [3.63, 3.8) is 0 Å². The number of aromatic nitrogens is 1. The summed E-state index contributed by atoms with van der Waals surface area (Å²) in [5.41, 5.74) is 3.32. The van der Waals surface area contributed by atoms with Gasteiger partial charge in [0.25, 0.3) is 0 Å². The van der Waals surface area contributed by atoms with Crippen LogP contribution in [-0.2, 0) is 19.5 Å². The van der Waals surface area contributed by atoms with E-state index in [4.69, 9.17) is 0 Å². The summed E-state index contributed by atoms with van der Waals surface area (Å²) in [5, 5.41) is 10.6. The zero-order chi connectivity index (χ0) is 19.3. The molecule has 0 radical (unpaired) electrons. The van der Waals surface area contributed by atoms with Crippen molar-refractivity contribution in [2.75, 3.05) is 6.54 Å². The zero-order valence-corrected chi connectivity index (χ0v) is 16.0. The number of halogens is 1. The molecule has 0 bridgehead atoms. The average molecular weight is 378 g/mol. The van der Waals surface area contributed by atoms with Crippen molar-refractivity contribution in [1.82, 2.24) is 9.47 Å². The van der Waals surface area contributed by atoms with Crippen LogP contribution in [0.4, 0.5) is 4.39 Å². The van der Waals surface area contributed by atoms with Gasteiger partial charge >= 0.3 is 0 Å². The molecular weight excluding hydrogens is 351 g/mol. The Kier molecular flexibility index (Phi) is 5.89. The number of rotatable bonds is 9. The van der Waals surface area contributed by atoms with Crippen LogP contribution < -0.4 is 0 Å². The zero-order valence-electron chi connectivity index (χ0n) is 16.0. The van der Waals surface area contributed by atoms with Crippen LogP contribution in [0.3, 0.4) is 0 Å². The Morgan fingerprint density at radius 1 is 1.00 bits per heavy atom. The van der Waals surface area contributed by atoms with E-state index in [1.54, 1.807) is 12.1 Å². The van der Waals surface area contributed by atoms with Crippen LogP contribution in [0, 0.1) is 5.82 Å². The molecule has 3 nitrogen and oxygen atoms in total. The standard InChI is InChI=1S/C24H27FN2O/c25-21-9-4-8-20(14-21)16-26-13-5-10-23(26)17-27(22-11-12-22)18-24(28)15-19-6-2-1-3-7-19/h1-10,13-14,22,24,28H,11-12,15-18H2. The lowest BCUT2D eigenvalue weighted by atomic mass is 10.1. The number of aliphatic hydroxyl groups excluding tert-OH is 1. The number of hydrogen-bond acceptors (Lipinski definition) is 2. The molecule has 1 atom stereocenters. The minimum absolute atomic E-state index is 0.199. The number of benzene rings is 2.